The van der Waals surface area contributed by atoms with Gasteiger partial charge in [0.05, 0.1) is 12.7 Å². The van der Waals surface area contributed by atoms with Crippen LogP contribution in [0.5, 0.6) is 11.5 Å². The molecule has 1 aliphatic rings. The van der Waals surface area contributed by atoms with Crippen LogP contribution in [0.25, 0.3) is 0 Å². The van der Waals surface area contributed by atoms with Gasteiger partial charge in [0, 0.05) is 15.7 Å². The molecule has 6 heteroatoms. The number of anilines is 1. The molecule has 3 N–H and O–H groups in total. The number of rotatable bonds is 2. The van der Waals surface area contributed by atoms with Crippen molar-refractivity contribution in [3.8, 4) is 11.5 Å². The Morgan fingerprint density at radius 3 is 2.76 bits per heavy atom. The van der Waals surface area contributed by atoms with Gasteiger partial charge in [-0.2, -0.15) is 0 Å². The highest BCUT2D eigenvalue weighted by Gasteiger charge is 2.26. The van der Waals surface area contributed by atoms with Gasteiger partial charge in [-0.25, -0.2) is 0 Å². The third-order valence-electron chi connectivity index (χ3n) is 3.36. The van der Waals surface area contributed by atoms with E-state index < -0.39 is 6.17 Å². The Bertz CT molecular complexity index is 718. The second kappa shape index (κ2) is 5.29. The number of phenols is 1. The van der Waals surface area contributed by atoms with E-state index in [4.69, 9.17) is 4.74 Å². The van der Waals surface area contributed by atoms with Crippen LogP contribution < -0.4 is 15.4 Å². The minimum absolute atomic E-state index is 0.0191. The molecule has 0 bridgehead atoms. The number of hydrogen-bond donors (Lipinski definition) is 3. The molecule has 3 rings (SSSR count). The number of methoxy groups -OCH3 is 1. The van der Waals surface area contributed by atoms with Crippen molar-refractivity contribution in [2.45, 2.75) is 6.17 Å². The zero-order valence-corrected chi connectivity index (χ0v) is 12.8. The summed E-state index contributed by atoms with van der Waals surface area (Å²) in [6, 6.07) is 10.5. The van der Waals surface area contributed by atoms with Gasteiger partial charge >= 0.3 is 0 Å². The fourth-order valence-corrected chi connectivity index (χ4v) is 2.86. The third-order valence-corrected chi connectivity index (χ3v) is 4.04. The van der Waals surface area contributed by atoms with Crippen molar-refractivity contribution in [3.05, 3.63) is 52.0 Å². The fraction of sp³-hybridized carbons (Fsp3) is 0.133. The lowest BCUT2D eigenvalue weighted by atomic mass is 10.1. The Morgan fingerprint density at radius 2 is 2.00 bits per heavy atom. The largest absolute Gasteiger partial charge is 0.504 e. The number of fused-ring (bicyclic) bond motifs is 1. The molecule has 1 aliphatic heterocycles. The molecule has 0 spiro atoms. The first-order valence-corrected chi connectivity index (χ1v) is 7.12. The number of amides is 1. The van der Waals surface area contributed by atoms with Crippen LogP contribution in [0.3, 0.4) is 0 Å². The summed E-state index contributed by atoms with van der Waals surface area (Å²) in [5.74, 6) is 0.232. The number of ether oxygens (including phenoxy) is 1. The van der Waals surface area contributed by atoms with Crippen molar-refractivity contribution in [2.75, 3.05) is 12.4 Å². The van der Waals surface area contributed by atoms with Crippen molar-refractivity contribution in [1.29, 1.82) is 0 Å². The number of benzene rings is 2. The van der Waals surface area contributed by atoms with E-state index in [0.717, 1.165) is 15.7 Å². The first-order chi connectivity index (χ1) is 10.1. The fourth-order valence-electron chi connectivity index (χ4n) is 2.31. The van der Waals surface area contributed by atoms with Gasteiger partial charge in [-0.15, -0.1) is 0 Å². The molecule has 0 saturated carbocycles. The highest BCUT2D eigenvalue weighted by Crippen LogP contribution is 2.37. The molecular formula is C15H13BrN2O3. The summed E-state index contributed by atoms with van der Waals surface area (Å²) in [6.45, 7) is 0. The summed E-state index contributed by atoms with van der Waals surface area (Å²) < 4.78 is 5.79. The minimum Gasteiger partial charge on any atom is -0.504 e. The summed E-state index contributed by atoms with van der Waals surface area (Å²) in [5.41, 5.74) is 2.08. The lowest BCUT2D eigenvalue weighted by Gasteiger charge is -2.29. The van der Waals surface area contributed by atoms with Crippen LogP contribution in [0.4, 0.5) is 5.69 Å². The van der Waals surface area contributed by atoms with Gasteiger partial charge in [0.1, 0.15) is 6.17 Å². The molecule has 0 saturated heterocycles. The van der Waals surface area contributed by atoms with Crippen molar-refractivity contribution in [2.24, 2.45) is 0 Å². The average Bonchev–Trinajstić information content (AvgIpc) is 2.49. The number of phenolic OH excluding ortho intramolecular Hbond substituents is 1. The maximum Gasteiger partial charge on any atom is 0.255 e. The molecule has 1 amide bonds. The van der Waals surface area contributed by atoms with Crippen molar-refractivity contribution < 1.29 is 14.6 Å². The highest BCUT2D eigenvalue weighted by atomic mass is 79.9. The van der Waals surface area contributed by atoms with Gasteiger partial charge in [0.25, 0.3) is 5.91 Å². The molecule has 1 unspecified atom stereocenters. The standard InChI is InChI=1S/C15H13BrN2O3/c1-21-13-7-10(16)9(6-12(13)19)14-17-11-5-3-2-4-8(11)15(20)18-14/h2-7,14,17,19H,1H3,(H,18,20). The Morgan fingerprint density at radius 1 is 1.24 bits per heavy atom. The van der Waals surface area contributed by atoms with Crippen LogP contribution in [-0.2, 0) is 0 Å². The van der Waals surface area contributed by atoms with Gasteiger partial charge in [-0.05, 0) is 24.3 Å². The molecule has 0 radical (unpaired) electrons. The van der Waals surface area contributed by atoms with Crippen LogP contribution in [-0.4, -0.2) is 18.1 Å². The van der Waals surface area contributed by atoms with E-state index in [0.29, 0.717) is 11.3 Å². The molecule has 0 aliphatic carbocycles. The SMILES string of the molecule is COc1cc(Br)c(C2NC(=O)c3ccccc3N2)cc1O. The number of para-hydroxylation sites is 1. The summed E-state index contributed by atoms with van der Waals surface area (Å²) in [4.78, 5) is 12.1. The van der Waals surface area contributed by atoms with E-state index >= 15 is 0 Å². The summed E-state index contributed by atoms with van der Waals surface area (Å²) in [6.07, 6.45) is -0.432. The first kappa shape index (κ1) is 13.8. The van der Waals surface area contributed by atoms with Crippen LogP contribution in [0.1, 0.15) is 22.1 Å². The molecule has 1 heterocycles. The van der Waals surface area contributed by atoms with Crippen LogP contribution in [0.2, 0.25) is 0 Å². The van der Waals surface area contributed by atoms with Crippen molar-refractivity contribution in [1.82, 2.24) is 5.32 Å². The van der Waals surface area contributed by atoms with Crippen LogP contribution in [0, 0.1) is 0 Å². The summed E-state index contributed by atoms with van der Waals surface area (Å²) in [5, 5.41) is 16.0. The van der Waals surface area contributed by atoms with E-state index in [2.05, 4.69) is 26.6 Å². The summed E-state index contributed by atoms with van der Waals surface area (Å²) >= 11 is 3.44. The molecule has 2 aromatic carbocycles. The molecule has 2 aromatic rings. The smallest absolute Gasteiger partial charge is 0.255 e. The van der Waals surface area contributed by atoms with Gasteiger partial charge in [-0.1, -0.05) is 28.1 Å². The molecule has 108 valence electrons. The van der Waals surface area contributed by atoms with Gasteiger partial charge in [0.15, 0.2) is 11.5 Å². The van der Waals surface area contributed by atoms with Crippen molar-refractivity contribution >= 4 is 27.5 Å². The zero-order valence-electron chi connectivity index (χ0n) is 11.2. The van der Waals surface area contributed by atoms with E-state index in [-0.39, 0.29) is 11.7 Å². The Balaban J connectivity index is 2.00. The van der Waals surface area contributed by atoms with E-state index in [9.17, 15) is 9.90 Å². The molecule has 5 nitrogen and oxygen atoms in total. The summed E-state index contributed by atoms with van der Waals surface area (Å²) in [7, 11) is 1.48. The van der Waals surface area contributed by atoms with E-state index in [1.807, 2.05) is 18.2 Å². The number of nitrogens with one attached hydrogen (secondary N) is 2. The Kier molecular flexibility index (Phi) is 3.47. The quantitative estimate of drug-likeness (QED) is 0.780. The molecule has 0 aromatic heterocycles. The normalized spacial score (nSPS) is 16.7. The minimum atomic E-state index is -0.432. The van der Waals surface area contributed by atoms with Gasteiger partial charge in [0.2, 0.25) is 0 Å². The van der Waals surface area contributed by atoms with Crippen LogP contribution >= 0.6 is 15.9 Å². The van der Waals surface area contributed by atoms with E-state index in [1.54, 1.807) is 18.2 Å². The Labute approximate surface area is 130 Å². The predicted octanol–water partition coefficient (Wildman–Crippen LogP) is 3.02. The lowest BCUT2D eigenvalue weighted by Crippen LogP contribution is -2.38. The van der Waals surface area contributed by atoms with Crippen molar-refractivity contribution in [3.63, 3.8) is 0 Å². The Hall–Kier alpha value is -2.21. The number of carbonyl (C=O) groups is 1. The zero-order chi connectivity index (χ0) is 15.0. The number of carbonyl (C=O) groups excluding carboxylic acids is 1. The number of halogens is 1. The number of hydrogen-bond acceptors (Lipinski definition) is 4. The second-order valence-corrected chi connectivity index (χ2v) is 5.50. The molecule has 0 fully saturated rings. The monoisotopic (exact) mass is 348 g/mol. The van der Waals surface area contributed by atoms with Gasteiger partial charge in [-0.3, -0.25) is 4.79 Å². The van der Waals surface area contributed by atoms with Crippen LogP contribution in [0.15, 0.2) is 40.9 Å². The van der Waals surface area contributed by atoms with Gasteiger partial charge < -0.3 is 20.5 Å². The maximum absolute atomic E-state index is 12.1. The number of aromatic hydroxyl groups is 1. The topological polar surface area (TPSA) is 70.6 Å². The molecular weight excluding hydrogens is 336 g/mol. The average molecular weight is 349 g/mol. The lowest BCUT2D eigenvalue weighted by molar-refractivity contribution is 0.0935. The third kappa shape index (κ3) is 2.42. The maximum atomic E-state index is 12.1. The molecule has 21 heavy (non-hydrogen) atoms. The molecule has 1 atom stereocenters. The highest BCUT2D eigenvalue weighted by molar-refractivity contribution is 9.10. The van der Waals surface area contributed by atoms with E-state index in [1.165, 1.54) is 7.11 Å². The first-order valence-electron chi connectivity index (χ1n) is 6.33. The second-order valence-electron chi connectivity index (χ2n) is 4.64. The predicted molar refractivity (Wildman–Crippen MR) is 82.6 cm³/mol.